The number of esters is 2. The molecule has 0 fully saturated rings. The van der Waals surface area contributed by atoms with Crippen molar-refractivity contribution in [1.82, 2.24) is 0 Å². The lowest BCUT2D eigenvalue weighted by Gasteiger charge is -2.28. The van der Waals surface area contributed by atoms with E-state index in [0.29, 0.717) is 17.4 Å². The van der Waals surface area contributed by atoms with E-state index in [0.717, 1.165) is 89.9 Å². The molecule has 0 bridgehead atoms. The van der Waals surface area contributed by atoms with Crippen LogP contribution in [-0.4, -0.2) is 70.0 Å². The molecular formula is C90H162NO8P. The minimum absolute atomic E-state index is 0.0301. The van der Waals surface area contributed by atoms with Gasteiger partial charge in [-0.3, -0.25) is 14.2 Å². The van der Waals surface area contributed by atoms with Gasteiger partial charge >= 0.3 is 11.9 Å². The van der Waals surface area contributed by atoms with Crippen LogP contribution >= 0.6 is 7.82 Å². The summed E-state index contributed by atoms with van der Waals surface area (Å²) in [7, 11) is 1.18. The van der Waals surface area contributed by atoms with E-state index >= 15 is 0 Å². The van der Waals surface area contributed by atoms with Gasteiger partial charge < -0.3 is 27.9 Å². The fourth-order valence-corrected chi connectivity index (χ4v) is 13.1. The quantitative estimate of drug-likeness (QED) is 0.0195. The largest absolute Gasteiger partial charge is 0.756 e. The normalized spacial score (nSPS) is 13.5. The molecule has 0 aliphatic heterocycles. The molecule has 580 valence electrons. The number of carbonyl (C=O) groups excluding carboxylic acids is 2. The number of carbonyl (C=O) groups is 2. The zero-order valence-corrected chi connectivity index (χ0v) is 67.3. The highest BCUT2D eigenvalue weighted by Gasteiger charge is 2.22. The lowest BCUT2D eigenvalue weighted by molar-refractivity contribution is -0.870. The number of hydrogen-bond donors (Lipinski definition) is 0. The highest BCUT2D eigenvalue weighted by atomic mass is 31.2. The van der Waals surface area contributed by atoms with Crippen molar-refractivity contribution < 1.29 is 42.1 Å². The van der Waals surface area contributed by atoms with Gasteiger partial charge in [0.1, 0.15) is 19.8 Å². The van der Waals surface area contributed by atoms with Crippen LogP contribution in [0.4, 0.5) is 0 Å². The van der Waals surface area contributed by atoms with Crippen LogP contribution in [0, 0.1) is 0 Å². The predicted octanol–water partition coefficient (Wildman–Crippen LogP) is 28.1. The van der Waals surface area contributed by atoms with Crippen molar-refractivity contribution in [2.45, 2.75) is 405 Å². The van der Waals surface area contributed by atoms with Crippen LogP contribution < -0.4 is 4.89 Å². The number of quaternary nitrogens is 1. The van der Waals surface area contributed by atoms with Crippen LogP contribution in [0.15, 0.2) is 109 Å². The first-order valence-corrected chi connectivity index (χ1v) is 44.1. The van der Waals surface area contributed by atoms with E-state index in [1.165, 1.54) is 276 Å². The number of nitrogens with zero attached hydrogens (tertiary/aromatic N) is 1. The van der Waals surface area contributed by atoms with Crippen LogP contribution in [-0.2, 0) is 32.7 Å². The van der Waals surface area contributed by atoms with E-state index in [2.05, 4.69) is 123 Å². The van der Waals surface area contributed by atoms with Crippen molar-refractivity contribution in [3.63, 3.8) is 0 Å². The molecule has 9 nitrogen and oxygen atoms in total. The second-order valence-electron chi connectivity index (χ2n) is 29.8. The van der Waals surface area contributed by atoms with Gasteiger partial charge in [0.2, 0.25) is 0 Å². The Morgan fingerprint density at radius 2 is 0.540 bits per heavy atom. The van der Waals surface area contributed by atoms with E-state index in [4.69, 9.17) is 18.5 Å². The second kappa shape index (κ2) is 79.8. The summed E-state index contributed by atoms with van der Waals surface area (Å²) in [6.07, 6.45) is 114. The third-order valence-electron chi connectivity index (χ3n) is 18.8. The molecule has 0 saturated heterocycles. The molecule has 10 heteroatoms. The number of unbranched alkanes of at least 4 members (excludes halogenated alkanes) is 47. The van der Waals surface area contributed by atoms with Crippen molar-refractivity contribution >= 4 is 19.8 Å². The van der Waals surface area contributed by atoms with Crippen molar-refractivity contribution in [2.75, 3.05) is 47.5 Å². The summed E-state index contributed by atoms with van der Waals surface area (Å²) < 4.78 is 34.5. The van der Waals surface area contributed by atoms with Crippen LogP contribution in [0.25, 0.3) is 0 Å². The van der Waals surface area contributed by atoms with Gasteiger partial charge in [-0.1, -0.05) is 399 Å². The van der Waals surface area contributed by atoms with Crippen LogP contribution in [0.5, 0.6) is 0 Å². The predicted molar refractivity (Wildman–Crippen MR) is 434 cm³/mol. The lowest BCUT2D eigenvalue weighted by Crippen LogP contribution is -2.37. The molecule has 0 spiro atoms. The second-order valence-corrected chi connectivity index (χ2v) is 31.2. The van der Waals surface area contributed by atoms with Gasteiger partial charge in [0.25, 0.3) is 7.82 Å². The highest BCUT2D eigenvalue weighted by molar-refractivity contribution is 7.45. The summed E-state index contributed by atoms with van der Waals surface area (Å²) >= 11 is 0. The van der Waals surface area contributed by atoms with Crippen LogP contribution in [0.2, 0.25) is 0 Å². The first-order valence-electron chi connectivity index (χ1n) is 42.6. The Morgan fingerprint density at radius 1 is 0.310 bits per heavy atom. The molecular weight excluding hydrogens is 1250 g/mol. The Morgan fingerprint density at radius 3 is 0.800 bits per heavy atom. The van der Waals surface area contributed by atoms with Gasteiger partial charge in [-0.15, -0.1) is 0 Å². The van der Waals surface area contributed by atoms with Crippen molar-refractivity contribution in [3.05, 3.63) is 109 Å². The molecule has 0 N–H and O–H groups in total. The summed E-state index contributed by atoms with van der Waals surface area (Å²) in [4.78, 5) is 38.2. The topological polar surface area (TPSA) is 111 Å². The van der Waals surface area contributed by atoms with Crippen LogP contribution in [0.1, 0.15) is 399 Å². The Hall–Kier alpha value is -3.33. The maximum atomic E-state index is 12.9. The summed E-state index contributed by atoms with van der Waals surface area (Å²) in [5.74, 6) is -0.812. The molecule has 0 radical (unpaired) electrons. The molecule has 0 aliphatic carbocycles. The van der Waals surface area contributed by atoms with Crippen molar-refractivity contribution in [3.8, 4) is 0 Å². The molecule has 2 atom stereocenters. The summed E-state index contributed by atoms with van der Waals surface area (Å²) in [5, 5.41) is 0. The number of hydrogen-bond acceptors (Lipinski definition) is 8. The fraction of sp³-hybridized carbons (Fsp3) is 0.778. The minimum Gasteiger partial charge on any atom is -0.756 e. The summed E-state index contributed by atoms with van der Waals surface area (Å²) in [6, 6.07) is 0. The molecule has 0 saturated carbocycles. The highest BCUT2D eigenvalue weighted by Crippen LogP contribution is 2.38. The smallest absolute Gasteiger partial charge is 0.306 e. The summed E-state index contributed by atoms with van der Waals surface area (Å²) in [5.41, 5.74) is 0. The lowest BCUT2D eigenvalue weighted by atomic mass is 10.0. The monoisotopic (exact) mass is 1420 g/mol. The average Bonchev–Trinajstić information content (AvgIpc) is 1.07. The molecule has 0 rings (SSSR count). The summed E-state index contributed by atoms with van der Waals surface area (Å²) in [6.45, 7) is 4.07. The van der Waals surface area contributed by atoms with Gasteiger partial charge in [0, 0.05) is 12.8 Å². The number of phosphoric ester groups is 1. The molecule has 0 aromatic heterocycles. The van der Waals surface area contributed by atoms with Crippen molar-refractivity contribution in [1.29, 1.82) is 0 Å². The minimum atomic E-state index is -4.65. The number of allylic oxidation sites excluding steroid dienone is 18. The zero-order valence-electron chi connectivity index (χ0n) is 66.4. The molecule has 0 amide bonds. The molecule has 0 aromatic rings. The van der Waals surface area contributed by atoms with E-state index < -0.39 is 26.5 Å². The maximum absolute atomic E-state index is 12.9. The number of rotatable bonds is 79. The standard InChI is InChI=1S/C90H162NO8P/c1-6-8-10-12-14-16-18-20-22-24-26-28-30-32-34-36-38-40-42-44-45-47-49-51-53-55-57-59-61-63-65-67-69-71-73-75-77-79-81-83-90(93)99-88(87-98-100(94,95)97-85-84-91(3,4)5)86-96-89(92)82-80-78-76-74-72-70-68-66-64-62-60-58-56-54-52-50-48-46-43-41-39-37-35-33-31-29-27-25-23-21-19-17-15-13-11-9-7-2/h8-11,14-17,20-23,26-29,32,34,88H,6-7,12-13,18-19,24-25,30-31,33,35-87H2,1-5H3/b10-8-,11-9-,16-14-,17-15-,22-20-,23-21-,28-26-,29-27-,34-32-. The molecule has 0 heterocycles. The fourth-order valence-electron chi connectivity index (χ4n) is 12.4. The average molecular weight is 1420 g/mol. The Kier molecular flexibility index (Phi) is 77.1. The number of ether oxygens (including phenoxy) is 2. The molecule has 100 heavy (non-hydrogen) atoms. The van der Waals surface area contributed by atoms with E-state index in [1.54, 1.807) is 0 Å². The third-order valence-corrected chi connectivity index (χ3v) is 19.8. The van der Waals surface area contributed by atoms with Gasteiger partial charge in [-0.2, -0.15) is 0 Å². The molecule has 0 aliphatic rings. The van der Waals surface area contributed by atoms with Crippen molar-refractivity contribution in [2.24, 2.45) is 0 Å². The van der Waals surface area contributed by atoms with E-state index in [9.17, 15) is 19.0 Å². The van der Waals surface area contributed by atoms with Gasteiger partial charge in [0.15, 0.2) is 6.10 Å². The van der Waals surface area contributed by atoms with Gasteiger partial charge in [-0.05, 0) is 96.3 Å². The first-order chi connectivity index (χ1) is 49.0. The Labute approximate surface area is 620 Å². The number of phosphoric acid groups is 1. The van der Waals surface area contributed by atoms with Crippen LogP contribution in [0.3, 0.4) is 0 Å². The Bertz CT molecular complexity index is 2060. The number of likely N-dealkylation sites (N-methyl/N-ethyl adjacent to an activating group) is 1. The van der Waals surface area contributed by atoms with E-state index in [1.807, 2.05) is 21.1 Å². The SMILES string of the molecule is CC/C=C\C/C=C\C/C=C\C/C=C\C/C=C\CCCCCCCCCCCCCCCCCCCCCCCCCC(=O)OC(COC(=O)CCCCCCCCCCCCCCCCCCCCCCCCCC/C=C\C/C=C\C/C=C\C/C=C\CC)COP(=O)([O-])OCC[N+](C)(C)C. The van der Waals surface area contributed by atoms with E-state index in [-0.39, 0.29) is 32.0 Å². The Balaban J connectivity index is 3.88. The van der Waals surface area contributed by atoms with Gasteiger partial charge in [0.05, 0.1) is 27.7 Å². The molecule has 2 unspecified atom stereocenters. The van der Waals surface area contributed by atoms with Gasteiger partial charge in [-0.25, -0.2) is 0 Å². The zero-order chi connectivity index (χ0) is 72.5. The first kappa shape index (κ1) is 96.7. The molecule has 0 aromatic carbocycles. The third kappa shape index (κ3) is 83.6. The maximum Gasteiger partial charge on any atom is 0.306 e.